The van der Waals surface area contributed by atoms with E-state index in [2.05, 4.69) is 24.8 Å². The molecule has 0 saturated carbocycles. The summed E-state index contributed by atoms with van der Waals surface area (Å²) in [5.74, 6) is 3.39. The van der Waals surface area contributed by atoms with Crippen molar-refractivity contribution in [2.45, 2.75) is 26.3 Å². The SMILES string of the molecule is C#CCOc1ccc2c(c1)c(-c1ccc(C(C)C)cc1)nc(=O)n2Cc1cccc([N+](=O)[O-])c1. The van der Waals surface area contributed by atoms with Gasteiger partial charge in [-0.05, 0) is 35.2 Å². The maximum atomic E-state index is 13.1. The molecule has 34 heavy (non-hydrogen) atoms. The molecule has 3 aromatic carbocycles. The molecule has 1 aromatic heterocycles. The third-order valence-corrected chi connectivity index (χ3v) is 5.59. The van der Waals surface area contributed by atoms with Gasteiger partial charge < -0.3 is 4.74 Å². The van der Waals surface area contributed by atoms with E-state index in [1.165, 1.54) is 22.3 Å². The van der Waals surface area contributed by atoms with Gasteiger partial charge in [-0.25, -0.2) is 4.79 Å². The Morgan fingerprint density at radius 2 is 1.88 bits per heavy atom. The fourth-order valence-corrected chi connectivity index (χ4v) is 3.82. The van der Waals surface area contributed by atoms with Crippen molar-refractivity contribution in [1.29, 1.82) is 0 Å². The van der Waals surface area contributed by atoms with E-state index in [1.54, 1.807) is 24.3 Å². The molecule has 1 heterocycles. The molecule has 7 heteroatoms. The lowest BCUT2D eigenvalue weighted by Crippen LogP contribution is -2.24. The third-order valence-electron chi connectivity index (χ3n) is 5.59. The summed E-state index contributed by atoms with van der Waals surface area (Å²) >= 11 is 0. The van der Waals surface area contributed by atoms with Crippen LogP contribution in [0.4, 0.5) is 5.69 Å². The fraction of sp³-hybridized carbons (Fsp3) is 0.185. The number of non-ortho nitro benzene ring substituents is 1. The van der Waals surface area contributed by atoms with Gasteiger partial charge in [0.15, 0.2) is 0 Å². The Balaban J connectivity index is 1.88. The van der Waals surface area contributed by atoms with E-state index in [0.717, 1.165) is 10.9 Å². The number of fused-ring (bicyclic) bond motifs is 1. The van der Waals surface area contributed by atoms with Crippen LogP contribution in [0.15, 0.2) is 71.5 Å². The second kappa shape index (κ2) is 9.59. The zero-order valence-electron chi connectivity index (χ0n) is 18.9. The molecule has 0 atom stereocenters. The summed E-state index contributed by atoms with van der Waals surface area (Å²) in [6, 6.07) is 19.5. The zero-order valence-corrected chi connectivity index (χ0v) is 18.9. The Hall–Kier alpha value is -4.44. The van der Waals surface area contributed by atoms with Crippen LogP contribution >= 0.6 is 0 Å². The van der Waals surface area contributed by atoms with E-state index in [0.29, 0.717) is 28.4 Å². The molecule has 0 N–H and O–H groups in total. The number of terminal acetylenes is 1. The van der Waals surface area contributed by atoms with Gasteiger partial charge in [-0.1, -0.05) is 56.2 Å². The summed E-state index contributed by atoms with van der Waals surface area (Å²) in [4.78, 5) is 28.3. The first-order chi connectivity index (χ1) is 16.4. The van der Waals surface area contributed by atoms with Gasteiger partial charge >= 0.3 is 5.69 Å². The Labute approximate surface area is 196 Å². The second-order valence-electron chi connectivity index (χ2n) is 8.20. The molecule has 0 saturated heterocycles. The van der Waals surface area contributed by atoms with E-state index in [-0.39, 0.29) is 18.8 Å². The summed E-state index contributed by atoms with van der Waals surface area (Å²) in [5, 5.41) is 11.9. The van der Waals surface area contributed by atoms with Gasteiger partial charge in [-0.15, -0.1) is 6.42 Å². The molecule has 0 spiro atoms. The quantitative estimate of drug-likeness (QED) is 0.219. The Bertz CT molecular complexity index is 1460. The number of benzene rings is 3. The highest BCUT2D eigenvalue weighted by Crippen LogP contribution is 2.30. The van der Waals surface area contributed by atoms with Gasteiger partial charge in [-0.2, -0.15) is 4.98 Å². The van der Waals surface area contributed by atoms with Crippen molar-refractivity contribution < 1.29 is 9.66 Å². The molecule has 0 aliphatic rings. The van der Waals surface area contributed by atoms with Crippen molar-refractivity contribution in [2.75, 3.05) is 6.61 Å². The molecule has 0 bridgehead atoms. The highest BCUT2D eigenvalue weighted by atomic mass is 16.6. The van der Waals surface area contributed by atoms with Crippen LogP contribution in [0, 0.1) is 22.5 Å². The van der Waals surface area contributed by atoms with E-state index < -0.39 is 10.6 Å². The average molecular weight is 453 g/mol. The number of rotatable bonds is 7. The predicted molar refractivity (Wildman–Crippen MR) is 132 cm³/mol. The van der Waals surface area contributed by atoms with Gasteiger partial charge in [0, 0.05) is 23.1 Å². The van der Waals surface area contributed by atoms with E-state index >= 15 is 0 Å². The van der Waals surface area contributed by atoms with Crippen LogP contribution in [0.1, 0.15) is 30.9 Å². The Morgan fingerprint density at radius 1 is 1.12 bits per heavy atom. The molecule has 4 rings (SSSR count). The number of nitro groups is 1. The molecule has 0 unspecified atom stereocenters. The van der Waals surface area contributed by atoms with Crippen LogP contribution in [0.2, 0.25) is 0 Å². The second-order valence-corrected chi connectivity index (χ2v) is 8.20. The summed E-state index contributed by atoms with van der Waals surface area (Å²) in [5.41, 5.74) is 3.32. The summed E-state index contributed by atoms with van der Waals surface area (Å²) < 4.78 is 7.11. The molecule has 0 fully saturated rings. The van der Waals surface area contributed by atoms with Crippen LogP contribution in [0.5, 0.6) is 5.75 Å². The lowest BCUT2D eigenvalue weighted by molar-refractivity contribution is -0.384. The zero-order chi connectivity index (χ0) is 24.2. The summed E-state index contributed by atoms with van der Waals surface area (Å²) in [7, 11) is 0. The predicted octanol–water partition coefficient (Wildman–Crippen LogP) is 5.16. The van der Waals surface area contributed by atoms with E-state index in [1.807, 2.05) is 30.3 Å². The minimum atomic E-state index is -0.457. The maximum Gasteiger partial charge on any atom is 0.348 e. The van der Waals surface area contributed by atoms with Crippen molar-refractivity contribution in [2.24, 2.45) is 0 Å². The minimum absolute atomic E-state index is 0.0327. The van der Waals surface area contributed by atoms with Gasteiger partial charge in [0.25, 0.3) is 5.69 Å². The highest BCUT2D eigenvalue weighted by molar-refractivity contribution is 5.93. The molecule has 0 radical (unpaired) electrons. The monoisotopic (exact) mass is 453 g/mol. The maximum absolute atomic E-state index is 13.1. The summed E-state index contributed by atoms with van der Waals surface area (Å²) in [6.45, 7) is 4.49. The molecular weight excluding hydrogens is 430 g/mol. The van der Waals surface area contributed by atoms with Crippen molar-refractivity contribution in [3.63, 3.8) is 0 Å². The fourth-order valence-electron chi connectivity index (χ4n) is 3.82. The molecule has 7 nitrogen and oxygen atoms in total. The molecule has 0 aliphatic heterocycles. The number of hydrogen-bond donors (Lipinski definition) is 0. The highest BCUT2D eigenvalue weighted by Gasteiger charge is 2.15. The molecular formula is C27H23N3O4. The van der Waals surface area contributed by atoms with Crippen LogP contribution in [0.25, 0.3) is 22.2 Å². The number of nitro benzene ring substituents is 1. The van der Waals surface area contributed by atoms with Gasteiger partial charge in [0.2, 0.25) is 0 Å². The number of hydrogen-bond acceptors (Lipinski definition) is 5. The first kappa shape index (κ1) is 22.7. The minimum Gasteiger partial charge on any atom is -0.481 e. The standard InChI is InChI=1S/C27H23N3O4/c1-4-14-34-23-12-13-25-24(16-23)26(21-10-8-20(9-11-21)18(2)3)28-27(31)29(25)17-19-6-5-7-22(15-19)30(32)33/h1,5-13,15-16,18H,14,17H2,2-3H3. The Morgan fingerprint density at radius 3 is 2.56 bits per heavy atom. The van der Waals surface area contributed by atoms with Crippen LogP contribution in [-0.2, 0) is 6.54 Å². The number of aromatic nitrogens is 2. The average Bonchev–Trinajstić information content (AvgIpc) is 2.84. The third kappa shape index (κ3) is 4.66. The lowest BCUT2D eigenvalue weighted by atomic mass is 9.99. The van der Waals surface area contributed by atoms with Gasteiger partial charge in [0.05, 0.1) is 22.7 Å². The molecule has 4 aromatic rings. The van der Waals surface area contributed by atoms with E-state index in [9.17, 15) is 14.9 Å². The molecule has 0 aliphatic carbocycles. The molecule has 170 valence electrons. The van der Waals surface area contributed by atoms with Gasteiger partial charge in [-0.3, -0.25) is 14.7 Å². The smallest absolute Gasteiger partial charge is 0.348 e. The topological polar surface area (TPSA) is 87.3 Å². The van der Waals surface area contributed by atoms with Crippen molar-refractivity contribution in [3.05, 3.63) is 98.5 Å². The Kier molecular flexibility index (Phi) is 6.42. The first-order valence-corrected chi connectivity index (χ1v) is 10.8. The lowest BCUT2D eigenvalue weighted by Gasteiger charge is -2.15. The largest absolute Gasteiger partial charge is 0.481 e. The first-order valence-electron chi connectivity index (χ1n) is 10.8. The molecule has 0 amide bonds. The normalized spacial score (nSPS) is 10.9. The van der Waals surface area contributed by atoms with Crippen molar-refractivity contribution >= 4 is 16.6 Å². The van der Waals surface area contributed by atoms with Gasteiger partial charge in [0.1, 0.15) is 12.4 Å². The van der Waals surface area contributed by atoms with Crippen LogP contribution in [-0.4, -0.2) is 21.1 Å². The van der Waals surface area contributed by atoms with Crippen LogP contribution in [0.3, 0.4) is 0 Å². The van der Waals surface area contributed by atoms with Crippen molar-refractivity contribution in [1.82, 2.24) is 9.55 Å². The van der Waals surface area contributed by atoms with Crippen molar-refractivity contribution in [3.8, 4) is 29.4 Å². The summed E-state index contributed by atoms with van der Waals surface area (Å²) in [6.07, 6.45) is 5.33. The van der Waals surface area contributed by atoms with Crippen LogP contribution < -0.4 is 10.4 Å². The van der Waals surface area contributed by atoms with E-state index in [4.69, 9.17) is 11.2 Å². The number of nitrogens with zero attached hydrogens (tertiary/aromatic N) is 3. The number of ether oxygens (including phenoxy) is 1.